The molecule has 2 aliphatic carbocycles. The van der Waals surface area contributed by atoms with Crippen molar-refractivity contribution < 1.29 is 0 Å². The predicted molar refractivity (Wildman–Crippen MR) is 90.5 cm³/mol. The van der Waals surface area contributed by atoms with Gasteiger partial charge in [-0.2, -0.15) is 0 Å². The molecule has 0 bridgehead atoms. The smallest absolute Gasteiger partial charge is 0.255 e. The molecule has 4 heteroatoms. The fourth-order valence-electron chi connectivity index (χ4n) is 4.18. The molecule has 0 amide bonds. The van der Waals surface area contributed by atoms with Gasteiger partial charge in [0.1, 0.15) is 0 Å². The highest BCUT2D eigenvalue weighted by Gasteiger charge is 2.43. The van der Waals surface area contributed by atoms with Gasteiger partial charge in [-0.15, -0.1) is 0 Å². The first-order valence-corrected chi connectivity index (χ1v) is 9.08. The van der Waals surface area contributed by atoms with E-state index in [9.17, 15) is 4.79 Å². The van der Waals surface area contributed by atoms with Crippen LogP contribution < -0.4 is 5.56 Å². The third kappa shape index (κ3) is 2.04. The molecule has 2 aromatic rings. The van der Waals surface area contributed by atoms with Crippen molar-refractivity contribution in [2.24, 2.45) is 0 Å². The Morgan fingerprint density at radius 3 is 2.82 bits per heavy atom. The average molecular weight is 312 g/mol. The van der Waals surface area contributed by atoms with Gasteiger partial charge in [0, 0.05) is 11.0 Å². The number of thioether (sulfide) groups is 1. The molecule has 114 valence electrons. The highest BCUT2D eigenvalue weighted by Crippen LogP contribution is 2.49. The Hall–Kier alpha value is -1.55. The quantitative estimate of drug-likeness (QED) is 0.675. The van der Waals surface area contributed by atoms with E-state index in [0.29, 0.717) is 0 Å². The Balaban J connectivity index is 2.00. The molecule has 1 spiro atoms. The Labute approximate surface area is 134 Å². The number of aromatic nitrogens is 2. The normalized spacial score (nSPS) is 18.2. The van der Waals surface area contributed by atoms with E-state index in [1.165, 1.54) is 18.4 Å². The SMILES string of the molecule is CCSc1nc2c(c(=O)[nH]1)C1(CCCC1)Cc1ccccc1-2. The molecule has 22 heavy (non-hydrogen) atoms. The zero-order valence-electron chi connectivity index (χ0n) is 12.8. The number of rotatable bonds is 2. The summed E-state index contributed by atoms with van der Waals surface area (Å²) >= 11 is 1.60. The number of nitrogens with zero attached hydrogens (tertiary/aromatic N) is 1. The summed E-state index contributed by atoms with van der Waals surface area (Å²) in [6.45, 7) is 2.08. The number of H-pyrrole nitrogens is 1. The average Bonchev–Trinajstić information content (AvgIpc) is 2.96. The van der Waals surface area contributed by atoms with Crippen LogP contribution in [0.5, 0.6) is 0 Å². The van der Waals surface area contributed by atoms with Crippen molar-refractivity contribution in [2.75, 3.05) is 5.75 Å². The second-order valence-electron chi connectivity index (χ2n) is 6.35. The van der Waals surface area contributed by atoms with Crippen LogP contribution in [0.3, 0.4) is 0 Å². The minimum atomic E-state index is 0.0136. The van der Waals surface area contributed by atoms with Crippen molar-refractivity contribution in [3.05, 3.63) is 45.7 Å². The molecule has 3 nitrogen and oxygen atoms in total. The standard InChI is InChI=1S/C18H20N2OS/c1-2-22-17-19-15-13-8-4-3-7-12(13)11-18(9-5-6-10-18)14(15)16(21)20-17/h3-4,7-8H,2,5-6,9-11H2,1H3,(H,19,20,21). The first-order chi connectivity index (χ1) is 10.7. The molecule has 2 aliphatic rings. The van der Waals surface area contributed by atoms with Gasteiger partial charge in [-0.3, -0.25) is 4.79 Å². The van der Waals surface area contributed by atoms with Crippen LogP contribution in [0.2, 0.25) is 0 Å². The zero-order valence-corrected chi connectivity index (χ0v) is 13.6. The maximum Gasteiger partial charge on any atom is 0.255 e. The fourth-order valence-corrected chi connectivity index (χ4v) is 4.78. The number of nitrogens with one attached hydrogen (secondary N) is 1. The number of hydrogen-bond acceptors (Lipinski definition) is 3. The van der Waals surface area contributed by atoms with Crippen LogP contribution in [-0.4, -0.2) is 15.7 Å². The molecule has 0 aliphatic heterocycles. The van der Waals surface area contributed by atoms with E-state index in [1.54, 1.807) is 11.8 Å². The predicted octanol–water partition coefficient (Wildman–Crippen LogP) is 3.92. The van der Waals surface area contributed by atoms with Crippen LogP contribution >= 0.6 is 11.8 Å². The van der Waals surface area contributed by atoms with Crippen LogP contribution in [0.4, 0.5) is 0 Å². The topological polar surface area (TPSA) is 45.8 Å². The number of aromatic amines is 1. The Bertz CT molecular complexity index is 775. The van der Waals surface area contributed by atoms with E-state index in [4.69, 9.17) is 4.98 Å². The number of fused-ring (bicyclic) bond motifs is 4. The summed E-state index contributed by atoms with van der Waals surface area (Å²) in [5.74, 6) is 0.911. The van der Waals surface area contributed by atoms with Gasteiger partial charge in [-0.25, -0.2) is 4.98 Å². The van der Waals surface area contributed by atoms with Gasteiger partial charge >= 0.3 is 0 Å². The van der Waals surface area contributed by atoms with Crippen molar-refractivity contribution in [2.45, 2.75) is 49.6 Å². The van der Waals surface area contributed by atoms with Crippen LogP contribution in [0.1, 0.15) is 43.7 Å². The van der Waals surface area contributed by atoms with Crippen molar-refractivity contribution in [3.8, 4) is 11.3 Å². The van der Waals surface area contributed by atoms with E-state index < -0.39 is 0 Å². The number of hydrogen-bond donors (Lipinski definition) is 1. The maximum absolute atomic E-state index is 12.8. The number of benzene rings is 1. The summed E-state index contributed by atoms with van der Waals surface area (Å²) in [6.07, 6.45) is 5.64. The molecule has 1 fully saturated rings. The van der Waals surface area contributed by atoms with Gasteiger partial charge in [-0.1, -0.05) is 55.8 Å². The summed E-state index contributed by atoms with van der Waals surface area (Å²) in [5, 5.41) is 0.746. The van der Waals surface area contributed by atoms with Gasteiger partial charge in [0.25, 0.3) is 5.56 Å². The van der Waals surface area contributed by atoms with Gasteiger partial charge in [0.2, 0.25) is 0 Å². The van der Waals surface area contributed by atoms with E-state index in [-0.39, 0.29) is 11.0 Å². The van der Waals surface area contributed by atoms with E-state index >= 15 is 0 Å². The summed E-state index contributed by atoms with van der Waals surface area (Å²) < 4.78 is 0. The first-order valence-electron chi connectivity index (χ1n) is 8.09. The minimum absolute atomic E-state index is 0.0136. The van der Waals surface area contributed by atoms with E-state index in [0.717, 1.165) is 47.0 Å². The van der Waals surface area contributed by atoms with Gasteiger partial charge in [0.05, 0.1) is 11.3 Å². The molecular formula is C18H20N2OS. The van der Waals surface area contributed by atoms with E-state index in [2.05, 4.69) is 30.1 Å². The van der Waals surface area contributed by atoms with Crippen molar-refractivity contribution in [3.63, 3.8) is 0 Å². The Morgan fingerprint density at radius 2 is 2.05 bits per heavy atom. The van der Waals surface area contributed by atoms with Gasteiger partial charge in [0.15, 0.2) is 5.16 Å². The van der Waals surface area contributed by atoms with Gasteiger partial charge in [-0.05, 0) is 30.6 Å². The highest BCUT2D eigenvalue weighted by atomic mass is 32.2. The molecule has 0 atom stereocenters. The van der Waals surface area contributed by atoms with Gasteiger partial charge < -0.3 is 4.98 Å². The Morgan fingerprint density at radius 1 is 1.27 bits per heavy atom. The lowest BCUT2D eigenvalue weighted by Gasteiger charge is -2.35. The molecule has 0 saturated heterocycles. The van der Waals surface area contributed by atoms with Crippen LogP contribution in [0.15, 0.2) is 34.2 Å². The largest absolute Gasteiger partial charge is 0.301 e. The summed E-state index contributed by atoms with van der Waals surface area (Å²) in [5.41, 5.74) is 4.48. The third-order valence-electron chi connectivity index (χ3n) is 5.07. The fraction of sp³-hybridized carbons (Fsp3) is 0.444. The summed E-state index contributed by atoms with van der Waals surface area (Å²) in [6, 6.07) is 8.46. The molecule has 4 rings (SSSR count). The first kappa shape index (κ1) is 14.1. The molecular weight excluding hydrogens is 292 g/mol. The highest BCUT2D eigenvalue weighted by molar-refractivity contribution is 7.99. The lowest BCUT2D eigenvalue weighted by atomic mass is 9.68. The third-order valence-corrected chi connectivity index (χ3v) is 5.83. The summed E-state index contributed by atoms with van der Waals surface area (Å²) in [7, 11) is 0. The molecule has 1 aromatic carbocycles. The molecule has 1 heterocycles. The summed E-state index contributed by atoms with van der Waals surface area (Å²) in [4.78, 5) is 20.7. The molecule has 1 saturated carbocycles. The molecule has 0 unspecified atom stereocenters. The van der Waals surface area contributed by atoms with Crippen molar-refractivity contribution in [1.29, 1.82) is 0 Å². The van der Waals surface area contributed by atoms with E-state index in [1.807, 2.05) is 6.07 Å². The lowest BCUT2D eigenvalue weighted by Crippen LogP contribution is -2.37. The monoisotopic (exact) mass is 312 g/mol. The van der Waals surface area contributed by atoms with Crippen molar-refractivity contribution >= 4 is 11.8 Å². The lowest BCUT2D eigenvalue weighted by molar-refractivity contribution is 0.425. The van der Waals surface area contributed by atoms with Crippen molar-refractivity contribution in [1.82, 2.24) is 9.97 Å². The van der Waals surface area contributed by atoms with Crippen LogP contribution in [0.25, 0.3) is 11.3 Å². The Kier molecular flexibility index (Phi) is 3.37. The molecule has 0 radical (unpaired) electrons. The van der Waals surface area contributed by atoms with Crippen LogP contribution in [-0.2, 0) is 11.8 Å². The zero-order chi connectivity index (χ0) is 15.2. The second kappa shape index (κ2) is 5.27. The molecule has 1 N–H and O–H groups in total. The maximum atomic E-state index is 12.8. The van der Waals surface area contributed by atoms with Crippen LogP contribution in [0, 0.1) is 0 Å². The molecule has 1 aromatic heterocycles. The minimum Gasteiger partial charge on any atom is -0.301 e. The second-order valence-corrected chi connectivity index (χ2v) is 7.60.